The van der Waals surface area contributed by atoms with Crippen LogP contribution in [0, 0.1) is 0 Å². The molecule has 2 aliphatic heterocycles. The second-order valence-corrected chi connectivity index (χ2v) is 7.91. The molecule has 0 saturated carbocycles. The van der Waals surface area contributed by atoms with Gasteiger partial charge < -0.3 is 9.64 Å². The zero-order chi connectivity index (χ0) is 19.2. The smallest absolute Gasteiger partial charge is 0.294 e. The SMILES string of the molecule is CCCCOc1ccccc1C=C1SC(=O)N(CN2CCN(C)CC2)C1=O. The zero-order valence-electron chi connectivity index (χ0n) is 16.0. The first kappa shape index (κ1) is 19.9. The normalized spacial score (nSPS) is 20.7. The minimum Gasteiger partial charge on any atom is -0.493 e. The lowest BCUT2D eigenvalue weighted by atomic mass is 10.2. The number of likely N-dealkylation sites (N-methyl/N-ethyl adjacent to an activating group) is 1. The lowest BCUT2D eigenvalue weighted by Crippen LogP contribution is -2.49. The molecule has 6 nitrogen and oxygen atoms in total. The van der Waals surface area contributed by atoms with Gasteiger partial charge in [0.05, 0.1) is 18.2 Å². The van der Waals surface area contributed by atoms with E-state index in [1.54, 1.807) is 6.08 Å². The number of nitrogens with zero attached hydrogens (tertiary/aromatic N) is 3. The van der Waals surface area contributed by atoms with Crippen molar-refractivity contribution in [2.24, 2.45) is 0 Å². The minimum atomic E-state index is -0.215. The van der Waals surface area contributed by atoms with Gasteiger partial charge in [0.25, 0.3) is 11.1 Å². The van der Waals surface area contributed by atoms with Crippen LogP contribution >= 0.6 is 11.8 Å². The molecule has 3 rings (SSSR count). The highest BCUT2D eigenvalue weighted by molar-refractivity contribution is 8.18. The van der Waals surface area contributed by atoms with Gasteiger partial charge in [0, 0.05) is 31.7 Å². The van der Waals surface area contributed by atoms with Gasteiger partial charge >= 0.3 is 0 Å². The van der Waals surface area contributed by atoms with Gasteiger partial charge in [-0.3, -0.25) is 19.4 Å². The fourth-order valence-corrected chi connectivity index (χ4v) is 3.83. The number of para-hydroxylation sites is 1. The maximum absolute atomic E-state index is 12.8. The quantitative estimate of drug-likeness (QED) is 0.528. The largest absolute Gasteiger partial charge is 0.493 e. The van der Waals surface area contributed by atoms with E-state index in [9.17, 15) is 9.59 Å². The van der Waals surface area contributed by atoms with Crippen molar-refractivity contribution in [3.8, 4) is 5.75 Å². The van der Waals surface area contributed by atoms with E-state index in [-0.39, 0.29) is 11.1 Å². The van der Waals surface area contributed by atoms with Gasteiger partial charge in [0.1, 0.15) is 5.75 Å². The fraction of sp³-hybridized carbons (Fsp3) is 0.500. The van der Waals surface area contributed by atoms with Crippen molar-refractivity contribution in [2.75, 3.05) is 46.5 Å². The molecule has 0 aliphatic carbocycles. The van der Waals surface area contributed by atoms with Gasteiger partial charge in [0.2, 0.25) is 0 Å². The van der Waals surface area contributed by atoms with Crippen LogP contribution in [0.4, 0.5) is 4.79 Å². The van der Waals surface area contributed by atoms with Gasteiger partial charge in [-0.15, -0.1) is 0 Å². The van der Waals surface area contributed by atoms with Crippen LogP contribution in [-0.2, 0) is 4.79 Å². The van der Waals surface area contributed by atoms with E-state index in [1.807, 2.05) is 24.3 Å². The van der Waals surface area contributed by atoms with E-state index in [0.29, 0.717) is 18.2 Å². The molecule has 0 aromatic heterocycles. The predicted molar refractivity (Wildman–Crippen MR) is 109 cm³/mol. The number of rotatable bonds is 7. The fourth-order valence-electron chi connectivity index (χ4n) is 3.01. The van der Waals surface area contributed by atoms with E-state index < -0.39 is 0 Å². The van der Waals surface area contributed by atoms with Crippen molar-refractivity contribution in [1.29, 1.82) is 0 Å². The highest BCUT2D eigenvalue weighted by atomic mass is 32.2. The summed E-state index contributed by atoms with van der Waals surface area (Å²) >= 11 is 1.01. The van der Waals surface area contributed by atoms with Crippen molar-refractivity contribution < 1.29 is 14.3 Å². The first-order valence-electron chi connectivity index (χ1n) is 9.46. The number of ether oxygens (including phenoxy) is 1. The Morgan fingerprint density at radius 2 is 1.89 bits per heavy atom. The Morgan fingerprint density at radius 1 is 1.15 bits per heavy atom. The first-order chi connectivity index (χ1) is 13.1. The van der Waals surface area contributed by atoms with Crippen LogP contribution in [0.1, 0.15) is 25.3 Å². The van der Waals surface area contributed by atoms with E-state index in [0.717, 1.165) is 62.1 Å². The highest BCUT2D eigenvalue weighted by Gasteiger charge is 2.36. The van der Waals surface area contributed by atoms with E-state index in [1.165, 1.54) is 4.90 Å². The van der Waals surface area contributed by atoms with Crippen molar-refractivity contribution in [1.82, 2.24) is 14.7 Å². The maximum Gasteiger partial charge on any atom is 0.294 e. The summed E-state index contributed by atoms with van der Waals surface area (Å²) in [5.74, 6) is 0.532. The zero-order valence-corrected chi connectivity index (χ0v) is 16.8. The van der Waals surface area contributed by atoms with Crippen LogP contribution in [0.3, 0.4) is 0 Å². The van der Waals surface area contributed by atoms with Crippen molar-refractivity contribution in [2.45, 2.75) is 19.8 Å². The summed E-state index contributed by atoms with van der Waals surface area (Å²) in [5.41, 5.74) is 0.832. The van der Waals surface area contributed by atoms with Gasteiger partial charge in [-0.05, 0) is 37.4 Å². The van der Waals surface area contributed by atoms with Crippen LogP contribution < -0.4 is 4.74 Å². The molecule has 146 valence electrons. The number of hydrogen-bond donors (Lipinski definition) is 0. The summed E-state index contributed by atoms with van der Waals surface area (Å²) in [6.45, 7) is 6.77. The Kier molecular flexibility index (Phi) is 6.93. The molecule has 0 N–H and O–H groups in total. The number of piperazine rings is 1. The lowest BCUT2D eigenvalue weighted by Gasteiger charge is -2.33. The van der Waals surface area contributed by atoms with Gasteiger partial charge in [-0.1, -0.05) is 31.5 Å². The first-order valence-corrected chi connectivity index (χ1v) is 10.3. The number of carbonyl (C=O) groups is 2. The molecule has 27 heavy (non-hydrogen) atoms. The van der Waals surface area contributed by atoms with Crippen LogP contribution in [0.2, 0.25) is 0 Å². The lowest BCUT2D eigenvalue weighted by molar-refractivity contribution is -0.124. The number of benzene rings is 1. The summed E-state index contributed by atoms with van der Waals surface area (Å²) < 4.78 is 5.83. The van der Waals surface area contributed by atoms with Gasteiger partial charge in [0.15, 0.2) is 0 Å². The molecule has 0 unspecified atom stereocenters. The van der Waals surface area contributed by atoms with Crippen LogP contribution in [0.15, 0.2) is 29.2 Å². The Hall–Kier alpha value is -1.83. The predicted octanol–water partition coefficient (Wildman–Crippen LogP) is 3.11. The molecule has 7 heteroatoms. The Bertz CT molecular complexity index is 714. The number of unbranched alkanes of at least 4 members (excludes halogenated alkanes) is 1. The summed E-state index contributed by atoms with van der Waals surface area (Å²) in [5, 5.41) is -0.199. The number of amides is 2. The number of thioether (sulfide) groups is 1. The van der Waals surface area contributed by atoms with Crippen LogP contribution in [0.5, 0.6) is 5.75 Å². The summed E-state index contributed by atoms with van der Waals surface area (Å²) in [4.78, 5) is 31.4. The summed E-state index contributed by atoms with van der Waals surface area (Å²) in [6.07, 6.45) is 3.82. The number of carbonyl (C=O) groups excluding carboxylic acids is 2. The van der Waals surface area contributed by atoms with Crippen LogP contribution in [-0.4, -0.2) is 72.3 Å². The third-order valence-electron chi connectivity index (χ3n) is 4.77. The average molecular weight is 390 g/mol. The van der Waals surface area contributed by atoms with Crippen molar-refractivity contribution in [3.63, 3.8) is 0 Å². The molecule has 2 heterocycles. The number of imide groups is 1. The van der Waals surface area contributed by atoms with E-state index in [2.05, 4.69) is 23.8 Å². The molecule has 2 amide bonds. The minimum absolute atomic E-state index is 0.199. The van der Waals surface area contributed by atoms with Crippen molar-refractivity contribution in [3.05, 3.63) is 34.7 Å². The van der Waals surface area contributed by atoms with Crippen molar-refractivity contribution >= 4 is 29.0 Å². The molecule has 1 aromatic rings. The van der Waals surface area contributed by atoms with E-state index in [4.69, 9.17) is 4.74 Å². The molecule has 2 saturated heterocycles. The molecule has 0 bridgehead atoms. The Labute approximate surface area is 165 Å². The second-order valence-electron chi connectivity index (χ2n) is 6.91. The average Bonchev–Trinajstić information content (AvgIpc) is 2.92. The van der Waals surface area contributed by atoms with Gasteiger partial charge in [-0.25, -0.2) is 0 Å². The molecule has 0 spiro atoms. The third kappa shape index (κ3) is 5.12. The molecular weight excluding hydrogens is 362 g/mol. The molecule has 0 radical (unpaired) electrons. The molecular formula is C20H27N3O3S. The Balaban J connectivity index is 1.69. The Morgan fingerprint density at radius 3 is 2.63 bits per heavy atom. The van der Waals surface area contributed by atoms with Crippen LogP contribution in [0.25, 0.3) is 6.08 Å². The third-order valence-corrected chi connectivity index (χ3v) is 5.68. The standard InChI is InChI=1S/C20H27N3O3S/c1-3-4-13-26-17-8-6-5-7-16(17)14-18-19(24)23(20(25)27-18)15-22-11-9-21(2)10-12-22/h5-8,14H,3-4,9-13,15H2,1-2H3. The second kappa shape index (κ2) is 9.39. The molecule has 1 aromatic carbocycles. The molecule has 2 fully saturated rings. The van der Waals surface area contributed by atoms with Gasteiger partial charge in [-0.2, -0.15) is 0 Å². The summed E-state index contributed by atoms with van der Waals surface area (Å²) in [6, 6.07) is 7.64. The molecule has 0 atom stereocenters. The highest BCUT2D eigenvalue weighted by Crippen LogP contribution is 2.34. The number of hydrogen-bond acceptors (Lipinski definition) is 6. The monoisotopic (exact) mass is 389 g/mol. The summed E-state index contributed by atoms with van der Waals surface area (Å²) in [7, 11) is 2.08. The maximum atomic E-state index is 12.8. The topological polar surface area (TPSA) is 53.1 Å². The van der Waals surface area contributed by atoms with E-state index >= 15 is 0 Å². The molecule has 2 aliphatic rings.